The Bertz CT molecular complexity index is 477. The average molecular weight is 309 g/mol. The highest BCUT2D eigenvalue weighted by molar-refractivity contribution is 6.74. The lowest BCUT2D eigenvalue weighted by molar-refractivity contribution is -0.125. The lowest BCUT2D eigenvalue weighted by Gasteiger charge is -2.38. The Morgan fingerprint density at radius 1 is 1.24 bits per heavy atom. The third-order valence-electron chi connectivity index (χ3n) is 4.14. The van der Waals surface area contributed by atoms with Gasteiger partial charge in [-0.3, -0.25) is 4.79 Å². The highest BCUT2D eigenvalue weighted by Crippen LogP contribution is 2.37. The van der Waals surface area contributed by atoms with Crippen molar-refractivity contribution in [2.24, 2.45) is 5.73 Å². The summed E-state index contributed by atoms with van der Waals surface area (Å²) >= 11 is 0. The molecular weight excluding hydrogens is 282 g/mol. The van der Waals surface area contributed by atoms with Gasteiger partial charge in [0.25, 0.3) is 0 Å². The summed E-state index contributed by atoms with van der Waals surface area (Å²) in [7, 11) is -0.401. The van der Waals surface area contributed by atoms with Crippen molar-refractivity contribution in [3.8, 4) is 5.75 Å². The Labute approximate surface area is 128 Å². The third-order valence-corrected chi connectivity index (χ3v) is 8.63. The summed E-state index contributed by atoms with van der Waals surface area (Å²) in [5, 5.41) is 0.0423. The molecule has 4 nitrogen and oxygen atoms in total. The Morgan fingerprint density at radius 3 is 2.14 bits per heavy atom. The van der Waals surface area contributed by atoms with Crippen molar-refractivity contribution < 1.29 is 14.0 Å². The van der Waals surface area contributed by atoms with E-state index < -0.39 is 20.3 Å². The van der Waals surface area contributed by atoms with E-state index in [-0.39, 0.29) is 5.04 Å². The maximum atomic E-state index is 11.7. The van der Waals surface area contributed by atoms with Gasteiger partial charge in [-0.15, -0.1) is 0 Å². The smallest absolute Gasteiger partial charge is 0.245 e. The summed E-state index contributed by atoms with van der Waals surface area (Å²) in [6.45, 7) is 10.7. The second kappa shape index (κ2) is 6.62. The number of hydrogen-bond acceptors (Lipinski definition) is 3. The average Bonchev–Trinajstić information content (AvgIpc) is 2.37. The van der Waals surface area contributed by atoms with Gasteiger partial charge in [-0.25, -0.2) is 0 Å². The van der Waals surface area contributed by atoms with E-state index in [1.165, 1.54) is 0 Å². The van der Waals surface area contributed by atoms with Gasteiger partial charge >= 0.3 is 0 Å². The summed E-state index contributed by atoms with van der Waals surface area (Å²) < 4.78 is 11.3. The molecule has 0 aliphatic rings. The molecule has 1 aromatic carbocycles. The van der Waals surface area contributed by atoms with Crippen molar-refractivity contribution in [3.05, 3.63) is 29.8 Å². The number of rotatable bonds is 6. The monoisotopic (exact) mass is 309 g/mol. The van der Waals surface area contributed by atoms with Crippen LogP contribution in [-0.4, -0.2) is 27.4 Å². The van der Waals surface area contributed by atoms with Crippen molar-refractivity contribution in [1.82, 2.24) is 0 Å². The highest BCUT2D eigenvalue weighted by Gasteiger charge is 2.40. The predicted octanol–water partition coefficient (Wildman–Crippen LogP) is 3.11. The summed E-state index contributed by atoms with van der Waals surface area (Å²) in [6.07, 6.45) is -0.0921. The molecule has 0 saturated carbocycles. The van der Waals surface area contributed by atoms with Crippen LogP contribution in [0.25, 0.3) is 0 Å². The van der Waals surface area contributed by atoms with Gasteiger partial charge in [-0.05, 0) is 35.8 Å². The van der Waals surface area contributed by atoms with Crippen LogP contribution < -0.4 is 10.5 Å². The minimum Gasteiger partial charge on any atom is -0.497 e. The zero-order valence-corrected chi connectivity index (χ0v) is 14.9. The fourth-order valence-corrected chi connectivity index (χ4v) is 2.97. The van der Waals surface area contributed by atoms with Gasteiger partial charge < -0.3 is 14.9 Å². The van der Waals surface area contributed by atoms with Gasteiger partial charge in [0, 0.05) is 6.42 Å². The quantitative estimate of drug-likeness (QED) is 0.821. The van der Waals surface area contributed by atoms with E-state index in [0.717, 1.165) is 11.3 Å². The molecule has 0 fully saturated rings. The van der Waals surface area contributed by atoms with Crippen LogP contribution in [0.1, 0.15) is 26.3 Å². The molecule has 0 aliphatic carbocycles. The van der Waals surface area contributed by atoms with E-state index in [0.29, 0.717) is 6.42 Å². The van der Waals surface area contributed by atoms with E-state index >= 15 is 0 Å². The first-order valence-corrected chi connectivity index (χ1v) is 10.1. The molecule has 21 heavy (non-hydrogen) atoms. The molecule has 0 aliphatic heterocycles. The van der Waals surface area contributed by atoms with Crippen LogP contribution in [0, 0.1) is 0 Å². The number of ether oxygens (including phenoxy) is 1. The van der Waals surface area contributed by atoms with Crippen LogP contribution in [0.4, 0.5) is 0 Å². The van der Waals surface area contributed by atoms with Crippen molar-refractivity contribution in [1.29, 1.82) is 0 Å². The number of methoxy groups -OCH3 is 1. The first-order chi connectivity index (χ1) is 9.56. The van der Waals surface area contributed by atoms with Crippen LogP contribution in [-0.2, 0) is 15.6 Å². The van der Waals surface area contributed by atoms with Crippen LogP contribution in [0.15, 0.2) is 24.3 Å². The van der Waals surface area contributed by atoms with E-state index in [4.69, 9.17) is 14.9 Å². The predicted molar refractivity (Wildman–Crippen MR) is 88.0 cm³/mol. The van der Waals surface area contributed by atoms with Crippen molar-refractivity contribution >= 4 is 14.2 Å². The Balaban J connectivity index is 2.85. The maximum Gasteiger partial charge on any atom is 0.245 e. The first-order valence-electron chi connectivity index (χ1n) is 7.17. The van der Waals surface area contributed by atoms with E-state index in [1.54, 1.807) is 7.11 Å². The number of primary amides is 1. The molecular formula is C16H27NO3Si. The summed E-state index contributed by atoms with van der Waals surface area (Å²) in [5.74, 6) is 0.385. The largest absolute Gasteiger partial charge is 0.497 e. The molecule has 1 amide bonds. The summed E-state index contributed by atoms with van der Waals surface area (Å²) in [5.41, 5.74) is 6.54. The molecule has 1 unspecified atom stereocenters. The number of benzene rings is 1. The molecule has 2 N–H and O–H groups in total. The number of nitrogens with two attached hydrogens (primary N) is 1. The fourth-order valence-electron chi connectivity index (χ4n) is 1.71. The van der Waals surface area contributed by atoms with Crippen molar-refractivity contribution in [3.63, 3.8) is 0 Å². The molecule has 1 rings (SSSR count). The lowest BCUT2D eigenvalue weighted by atomic mass is 10.1. The summed E-state index contributed by atoms with van der Waals surface area (Å²) in [6, 6.07) is 7.62. The van der Waals surface area contributed by atoms with E-state index in [1.807, 2.05) is 24.3 Å². The number of carbonyl (C=O) groups excluding carboxylic acids is 1. The van der Waals surface area contributed by atoms with Gasteiger partial charge in [0.15, 0.2) is 8.32 Å². The zero-order valence-electron chi connectivity index (χ0n) is 13.9. The van der Waals surface area contributed by atoms with E-state index in [2.05, 4.69) is 33.9 Å². The molecule has 0 aromatic heterocycles. The molecule has 1 atom stereocenters. The van der Waals surface area contributed by atoms with Gasteiger partial charge in [0.2, 0.25) is 5.91 Å². The standard InChI is InChI=1S/C16H27NO3Si/c1-16(2,3)21(5,6)20-14(15(17)18)11-12-7-9-13(19-4)10-8-12/h7-10,14H,11H2,1-6H3,(H2,17,18). The number of carbonyl (C=O) groups is 1. The highest BCUT2D eigenvalue weighted by atomic mass is 28.4. The van der Waals surface area contributed by atoms with Gasteiger partial charge in [0.05, 0.1) is 7.11 Å². The Hall–Kier alpha value is -1.33. The maximum absolute atomic E-state index is 11.7. The molecule has 1 aromatic rings. The molecule has 0 saturated heterocycles. The van der Waals surface area contributed by atoms with Crippen LogP contribution >= 0.6 is 0 Å². The third kappa shape index (κ3) is 4.86. The molecule has 0 spiro atoms. The normalized spacial score (nSPS) is 13.8. The van der Waals surface area contributed by atoms with Crippen LogP contribution in [0.5, 0.6) is 5.75 Å². The SMILES string of the molecule is COc1ccc(CC(O[Si](C)(C)C(C)(C)C)C(N)=O)cc1. The van der Waals surface area contributed by atoms with Crippen molar-refractivity contribution in [2.75, 3.05) is 7.11 Å². The topological polar surface area (TPSA) is 61.6 Å². The Morgan fingerprint density at radius 2 is 1.76 bits per heavy atom. The van der Waals surface area contributed by atoms with Gasteiger partial charge in [-0.2, -0.15) is 0 Å². The minimum atomic E-state index is -2.03. The minimum absolute atomic E-state index is 0.0423. The number of amides is 1. The van der Waals surface area contributed by atoms with Crippen LogP contribution in [0.3, 0.4) is 0 Å². The Kier molecular flexibility index (Phi) is 5.59. The van der Waals surface area contributed by atoms with Crippen molar-refractivity contribution in [2.45, 2.75) is 51.4 Å². The molecule has 0 bridgehead atoms. The number of hydrogen-bond donors (Lipinski definition) is 1. The second-order valence-corrected chi connectivity index (χ2v) is 11.6. The van der Waals surface area contributed by atoms with E-state index in [9.17, 15) is 4.79 Å². The molecule has 0 radical (unpaired) electrons. The fraction of sp³-hybridized carbons (Fsp3) is 0.562. The van der Waals surface area contributed by atoms with Crippen LogP contribution in [0.2, 0.25) is 18.1 Å². The van der Waals surface area contributed by atoms with Gasteiger partial charge in [0.1, 0.15) is 11.9 Å². The molecule has 118 valence electrons. The first kappa shape index (κ1) is 17.7. The second-order valence-electron chi connectivity index (χ2n) is 6.82. The molecule has 0 heterocycles. The van der Waals surface area contributed by atoms with Gasteiger partial charge in [-0.1, -0.05) is 32.9 Å². The zero-order chi connectivity index (χ0) is 16.3. The summed E-state index contributed by atoms with van der Waals surface area (Å²) in [4.78, 5) is 11.7. The molecule has 5 heteroatoms. The lowest BCUT2D eigenvalue weighted by Crippen LogP contribution is -2.48.